The molecule has 16 rings (SSSR count). The van der Waals surface area contributed by atoms with E-state index in [-0.39, 0.29) is 11.4 Å². The van der Waals surface area contributed by atoms with Crippen molar-refractivity contribution in [3.05, 3.63) is 314 Å². The number of alkyl halides is 3. The highest BCUT2D eigenvalue weighted by molar-refractivity contribution is 6.15. The van der Waals surface area contributed by atoms with Gasteiger partial charge in [0.05, 0.1) is 67.3 Å². The molecule has 0 radical (unpaired) electrons. The van der Waals surface area contributed by atoms with Crippen molar-refractivity contribution in [1.82, 2.24) is 29.1 Å². The lowest BCUT2D eigenvalue weighted by atomic mass is 9.95. The molecule has 0 N–H and O–H groups in total. The van der Waals surface area contributed by atoms with Crippen molar-refractivity contribution in [2.45, 2.75) is 6.18 Å². The van der Waals surface area contributed by atoms with Crippen LogP contribution in [0.25, 0.3) is 156 Å². The van der Waals surface area contributed by atoms with Gasteiger partial charge >= 0.3 is 6.18 Å². The maximum atomic E-state index is 16.7. The second-order valence-corrected chi connectivity index (χ2v) is 23.0. The number of halogens is 8. The minimum Gasteiger partial charge on any atom is -0.307 e. The third-order valence-corrected chi connectivity index (χ3v) is 17.6. The Bertz CT molecular complexity index is 5410. The van der Waals surface area contributed by atoms with E-state index in [1.54, 1.807) is 33.9 Å². The van der Waals surface area contributed by atoms with Gasteiger partial charge in [-0.3, -0.25) is 19.9 Å². The van der Waals surface area contributed by atoms with E-state index >= 15 is 35.1 Å². The van der Waals surface area contributed by atoms with Gasteiger partial charge in [0.25, 0.3) is 0 Å². The lowest BCUT2D eigenvalue weighted by Gasteiger charge is -2.23. The molecule has 0 aliphatic carbocycles. The molecule has 0 aliphatic rings. The van der Waals surface area contributed by atoms with Crippen LogP contribution in [0.2, 0.25) is 0 Å². The van der Waals surface area contributed by atoms with Crippen molar-refractivity contribution >= 4 is 43.6 Å². The highest BCUT2D eigenvalue weighted by atomic mass is 19.4. The molecule has 14 heteroatoms. The predicted molar refractivity (Wildman–Crippen MR) is 360 cm³/mol. The largest absolute Gasteiger partial charge is 0.417 e. The summed E-state index contributed by atoms with van der Waals surface area (Å²) in [6, 6.07) is 77.8. The Morgan fingerprint density at radius 3 is 0.811 bits per heavy atom. The molecule has 0 amide bonds. The van der Waals surface area contributed by atoms with E-state index in [0.717, 1.165) is 78.9 Å². The monoisotopic (exact) mass is 1250 g/mol. The average molecular weight is 1260 g/mol. The van der Waals surface area contributed by atoms with Gasteiger partial charge in [0, 0.05) is 96.4 Å². The first-order valence-corrected chi connectivity index (χ1v) is 30.4. The number of rotatable bonds is 11. The zero-order valence-electron chi connectivity index (χ0n) is 49.8. The van der Waals surface area contributed by atoms with Crippen molar-refractivity contribution in [1.29, 1.82) is 0 Å². The standard InChI is InChI=1S/C81H46F8N6/c82-72-71(73(83)75(85)76(86)74(72)84)63-45-69(94-65-33-29-51(55-25-13-37-90-77(55)47-17-5-1-6-18-47)41-59(65)60-42-52(30-34-66(60)94)56-26-14-38-91-78(56)48-19-7-2-8-20-48)70(46-64(63)81(87,88)89)95-67-35-31-53(57-27-15-39-92-79(57)49-21-9-3-10-22-49)43-61(67)62-44-54(32-36-68(62)95)58-28-16-40-93-80(58)50-23-11-4-12-24-50/h1-46H. The van der Waals surface area contributed by atoms with Crippen LogP contribution in [0.1, 0.15) is 5.56 Å². The second kappa shape index (κ2) is 23.2. The molecular weight excluding hydrogens is 1210 g/mol. The average Bonchev–Trinajstić information content (AvgIpc) is 1.57. The normalized spacial score (nSPS) is 11.8. The third kappa shape index (κ3) is 9.88. The van der Waals surface area contributed by atoms with E-state index in [2.05, 4.69) is 0 Å². The van der Waals surface area contributed by atoms with Crippen LogP contribution in [0.4, 0.5) is 35.1 Å². The van der Waals surface area contributed by atoms with Gasteiger partial charge in [-0.05, 0) is 107 Å². The molecule has 0 bridgehead atoms. The van der Waals surface area contributed by atoms with Crippen LogP contribution < -0.4 is 0 Å². The summed E-state index contributed by atoms with van der Waals surface area (Å²) in [7, 11) is 0. The molecule has 0 saturated carbocycles. The summed E-state index contributed by atoms with van der Waals surface area (Å²) < 4.78 is 133. The summed E-state index contributed by atoms with van der Waals surface area (Å²) in [4.78, 5) is 19.3. The molecule has 6 nitrogen and oxygen atoms in total. The van der Waals surface area contributed by atoms with E-state index in [4.69, 9.17) is 19.9 Å². The van der Waals surface area contributed by atoms with Crippen molar-refractivity contribution in [3.8, 4) is 112 Å². The Balaban J connectivity index is 1.04. The van der Waals surface area contributed by atoms with Gasteiger partial charge in [0.15, 0.2) is 23.3 Å². The van der Waals surface area contributed by atoms with Crippen molar-refractivity contribution in [2.75, 3.05) is 0 Å². The molecule has 6 aromatic heterocycles. The first-order valence-electron chi connectivity index (χ1n) is 30.4. The van der Waals surface area contributed by atoms with Crippen LogP contribution in [0, 0.1) is 29.1 Å². The molecule has 0 saturated heterocycles. The van der Waals surface area contributed by atoms with Gasteiger partial charge < -0.3 is 9.13 Å². The molecule has 0 aliphatic heterocycles. The summed E-state index contributed by atoms with van der Waals surface area (Å²) in [6.45, 7) is 0. The highest BCUT2D eigenvalue weighted by Gasteiger charge is 2.39. The highest BCUT2D eigenvalue weighted by Crippen LogP contribution is 2.49. The molecule has 0 atom stereocenters. The Morgan fingerprint density at radius 1 is 0.253 bits per heavy atom. The second-order valence-electron chi connectivity index (χ2n) is 23.0. The Morgan fingerprint density at radius 2 is 0.526 bits per heavy atom. The van der Waals surface area contributed by atoms with Gasteiger partial charge in [-0.1, -0.05) is 170 Å². The Hall–Kier alpha value is -12.2. The van der Waals surface area contributed by atoms with E-state index in [0.29, 0.717) is 66.4 Å². The maximum Gasteiger partial charge on any atom is 0.417 e. The smallest absolute Gasteiger partial charge is 0.307 e. The Labute approximate surface area is 537 Å². The molecule has 0 fully saturated rings. The summed E-state index contributed by atoms with van der Waals surface area (Å²) in [6.07, 6.45) is 1.33. The lowest BCUT2D eigenvalue weighted by molar-refractivity contribution is -0.137. The number of fused-ring (bicyclic) bond motifs is 6. The summed E-state index contributed by atoms with van der Waals surface area (Å²) in [5, 5.41) is 2.35. The first-order chi connectivity index (χ1) is 46.4. The Kier molecular flexibility index (Phi) is 14.2. The molecular formula is C81H46F8N6. The molecule has 16 aromatic rings. The van der Waals surface area contributed by atoms with Crippen LogP contribution in [0.3, 0.4) is 0 Å². The molecule has 10 aromatic carbocycles. The van der Waals surface area contributed by atoms with Crippen molar-refractivity contribution in [3.63, 3.8) is 0 Å². The SMILES string of the molecule is Fc1c(F)c(F)c(-c2cc(-n3c4ccc(-c5cccnc5-c5ccccc5)cc4c4cc(-c5cccnc5-c5ccccc5)ccc43)c(-n3c4ccc(-c5cccnc5-c5ccccc5)cc4c4cc(-c5cccnc5-c5ccccc5)ccc43)cc2C(F)(F)F)c(F)c1F. The third-order valence-electron chi connectivity index (χ3n) is 17.6. The van der Waals surface area contributed by atoms with E-state index < -0.39 is 52.0 Å². The fraction of sp³-hybridized carbons (Fsp3) is 0.0123. The van der Waals surface area contributed by atoms with Crippen LogP contribution in [-0.4, -0.2) is 29.1 Å². The zero-order chi connectivity index (χ0) is 64.6. The van der Waals surface area contributed by atoms with Gasteiger partial charge in [-0.2, -0.15) is 13.2 Å². The maximum absolute atomic E-state index is 16.7. The lowest BCUT2D eigenvalue weighted by Crippen LogP contribution is -2.14. The number of hydrogen-bond acceptors (Lipinski definition) is 4. The topological polar surface area (TPSA) is 61.4 Å². The van der Waals surface area contributed by atoms with Crippen LogP contribution in [-0.2, 0) is 6.18 Å². The van der Waals surface area contributed by atoms with Crippen LogP contribution in [0.5, 0.6) is 0 Å². The van der Waals surface area contributed by atoms with Crippen LogP contribution in [0.15, 0.2) is 280 Å². The quantitative estimate of drug-likeness (QED) is 0.0735. The van der Waals surface area contributed by atoms with Crippen molar-refractivity contribution < 1.29 is 35.1 Å². The molecule has 456 valence electrons. The summed E-state index contributed by atoms with van der Waals surface area (Å²) >= 11 is 0. The number of aromatic nitrogens is 6. The fourth-order valence-corrected chi connectivity index (χ4v) is 13.3. The van der Waals surface area contributed by atoms with E-state index in [1.165, 1.54) is 0 Å². The molecule has 0 spiro atoms. The summed E-state index contributed by atoms with van der Waals surface area (Å²) in [5.41, 5.74) is 8.62. The van der Waals surface area contributed by atoms with Gasteiger partial charge in [0.1, 0.15) is 0 Å². The molecule has 0 unspecified atom stereocenters. The van der Waals surface area contributed by atoms with Gasteiger partial charge in [-0.15, -0.1) is 0 Å². The van der Waals surface area contributed by atoms with Gasteiger partial charge in [-0.25, -0.2) is 22.0 Å². The van der Waals surface area contributed by atoms with Crippen LogP contribution >= 0.6 is 0 Å². The minimum atomic E-state index is -5.48. The zero-order valence-corrected chi connectivity index (χ0v) is 49.8. The minimum absolute atomic E-state index is 0.112. The van der Waals surface area contributed by atoms with Gasteiger partial charge in [0.2, 0.25) is 5.82 Å². The van der Waals surface area contributed by atoms with Crippen molar-refractivity contribution in [2.24, 2.45) is 0 Å². The van der Waals surface area contributed by atoms with E-state index in [9.17, 15) is 0 Å². The predicted octanol–water partition coefficient (Wildman–Crippen LogP) is 22.2. The van der Waals surface area contributed by atoms with E-state index in [1.807, 2.05) is 243 Å². The molecule has 6 heterocycles. The number of benzene rings is 10. The fourth-order valence-electron chi connectivity index (χ4n) is 13.3. The first kappa shape index (κ1) is 58.0. The number of pyridine rings is 4. The number of hydrogen-bond donors (Lipinski definition) is 0. The summed E-state index contributed by atoms with van der Waals surface area (Å²) in [5.74, 6) is -12.2. The number of nitrogens with zero attached hydrogens (tertiary/aromatic N) is 6. The molecule has 95 heavy (non-hydrogen) atoms.